The standard InChI is InChI=1S/C23H34ClN3O4S2/c1-23(2,3)31-22(29)27-14-10-18(11-15-27)33-21(32)26-13-7-6-12-25-20(28)30-16-17-8-4-5-9-19(17)24/h4-5,8-9,18H,6-7,10-16H2,1-3H3,(H,25,28)(H,26,32). The number of nitrogens with zero attached hydrogens (tertiary/aromatic N) is 1. The molecule has 0 spiro atoms. The zero-order chi connectivity index (χ0) is 24.3. The van der Waals surface area contributed by atoms with Crippen LogP contribution in [0.5, 0.6) is 0 Å². The second-order valence-corrected chi connectivity index (χ2v) is 11.2. The van der Waals surface area contributed by atoms with Crippen molar-refractivity contribution in [3.05, 3.63) is 34.9 Å². The normalized spacial score (nSPS) is 14.5. The third-order valence-corrected chi connectivity index (χ3v) is 6.79. The summed E-state index contributed by atoms with van der Waals surface area (Å²) in [5.41, 5.74) is 0.306. The third-order valence-electron chi connectivity index (χ3n) is 4.83. The predicted octanol–water partition coefficient (Wildman–Crippen LogP) is 5.35. The number of thiocarbonyl (C=S) groups is 1. The number of amides is 2. The lowest BCUT2D eigenvalue weighted by Gasteiger charge is -2.33. The molecule has 1 aliphatic heterocycles. The molecular formula is C23H34ClN3O4S2. The van der Waals surface area contributed by atoms with Crippen molar-refractivity contribution in [2.75, 3.05) is 26.2 Å². The minimum Gasteiger partial charge on any atom is -0.445 e. The highest BCUT2D eigenvalue weighted by atomic mass is 35.5. The van der Waals surface area contributed by atoms with E-state index >= 15 is 0 Å². The molecule has 0 aromatic heterocycles. The topological polar surface area (TPSA) is 79.9 Å². The minimum atomic E-state index is -0.472. The van der Waals surface area contributed by atoms with Crippen molar-refractivity contribution in [2.45, 2.75) is 63.9 Å². The maximum Gasteiger partial charge on any atom is 0.410 e. The van der Waals surface area contributed by atoms with Crippen LogP contribution >= 0.6 is 35.6 Å². The number of carbonyl (C=O) groups excluding carboxylic acids is 2. The van der Waals surface area contributed by atoms with E-state index in [-0.39, 0.29) is 12.7 Å². The lowest BCUT2D eigenvalue weighted by Crippen LogP contribution is -2.42. The van der Waals surface area contributed by atoms with Gasteiger partial charge >= 0.3 is 12.2 Å². The number of benzene rings is 1. The van der Waals surface area contributed by atoms with Gasteiger partial charge in [-0.1, -0.05) is 53.8 Å². The van der Waals surface area contributed by atoms with Gasteiger partial charge in [0.15, 0.2) is 0 Å². The Morgan fingerprint density at radius 2 is 1.79 bits per heavy atom. The highest BCUT2D eigenvalue weighted by molar-refractivity contribution is 8.23. The van der Waals surface area contributed by atoms with Crippen LogP contribution in [0.2, 0.25) is 5.02 Å². The molecule has 2 N–H and O–H groups in total. The largest absolute Gasteiger partial charge is 0.445 e. The zero-order valence-corrected chi connectivity index (χ0v) is 21.9. The first-order valence-electron chi connectivity index (χ1n) is 11.2. The summed E-state index contributed by atoms with van der Waals surface area (Å²) in [6, 6.07) is 7.28. The molecule has 0 radical (unpaired) electrons. The van der Waals surface area contributed by atoms with Crippen LogP contribution in [-0.2, 0) is 16.1 Å². The number of hydrogen-bond acceptors (Lipinski definition) is 6. The number of rotatable bonds is 8. The summed E-state index contributed by atoms with van der Waals surface area (Å²) in [4.78, 5) is 25.7. The minimum absolute atomic E-state index is 0.148. The molecule has 0 aliphatic carbocycles. The number of ether oxygens (including phenoxy) is 2. The van der Waals surface area contributed by atoms with Gasteiger partial charge in [0.2, 0.25) is 0 Å². The molecule has 1 fully saturated rings. The second-order valence-electron chi connectivity index (χ2n) is 8.80. The Morgan fingerprint density at radius 1 is 1.15 bits per heavy atom. The van der Waals surface area contributed by atoms with Crippen LogP contribution in [0.3, 0.4) is 0 Å². The fraction of sp³-hybridized carbons (Fsp3) is 0.609. The number of nitrogens with one attached hydrogen (secondary N) is 2. The quantitative estimate of drug-likeness (QED) is 0.356. The first kappa shape index (κ1) is 27.5. The number of hydrogen-bond donors (Lipinski definition) is 2. The average molecular weight is 516 g/mol. The monoisotopic (exact) mass is 515 g/mol. The van der Waals surface area contributed by atoms with E-state index in [4.69, 9.17) is 33.3 Å². The van der Waals surface area contributed by atoms with E-state index in [1.165, 1.54) is 0 Å². The molecule has 184 valence electrons. The van der Waals surface area contributed by atoms with E-state index in [9.17, 15) is 9.59 Å². The molecule has 1 heterocycles. The van der Waals surface area contributed by atoms with E-state index in [0.29, 0.717) is 29.9 Å². The molecule has 0 unspecified atom stereocenters. The molecule has 10 heteroatoms. The van der Waals surface area contributed by atoms with Crippen LogP contribution in [0.15, 0.2) is 24.3 Å². The molecule has 2 amide bonds. The van der Waals surface area contributed by atoms with E-state index in [1.54, 1.807) is 22.7 Å². The summed E-state index contributed by atoms with van der Waals surface area (Å²) in [7, 11) is 0. The van der Waals surface area contributed by atoms with Gasteiger partial charge in [0.1, 0.15) is 16.5 Å². The lowest BCUT2D eigenvalue weighted by atomic mass is 10.1. The summed E-state index contributed by atoms with van der Waals surface area (Å²) >= 11 is 13.2. The van der Waals surface area contributed by atoms with Gasteiger partial charge in [-0.15, -0.1) is 0 Å². The van der Waals surface area contributed by atoms with Crippen molar-refractivity contribution in [1.82, 2.24) is 15.5 Å². The Hall–Kier alpha value is -1.71. The fourth-order valence-electron chi connectivity index (χ4n) is 3.12. The van der Waals surface area contributed by atoms with Crippen LogP contribution in [0.4, 0.5) is 9.59 Å². The highest BCUT2D eigenvalue weighted by Crippen LogP contribution is 2.25. The molecule has 2 rings (SSSR count). The first-order chi connectivity index (χ1) is 15.6. The molecule has 33 heavy (non-hydrogen) atoms. The number of unbranched alkanes of at least 4 members (excludes halogenated alkanes) is 1. The van der Waals surface area contributed by atoms with Gasteiger partial charge in [0.05, 0.1) is 0 Å². The highest BCUT2D eigenvalue weighted by Gasteiger charge is 2.27. The van der Waals surface area contributed by atoms with Crippen molar-refractivity contribution in [2.24, 2.45) is 0 Å². The Kier molecular flexibility index (Phi) is 11.6. The van der Waals surface area contributed by atoms with Gasteiger partial charge < -0.3 is 25.0 Å². The van der Waals surface area contributed by atoms with E-state index in [0.717, 1.165) is 42.1 Å². The molecule has 0 saturated carbocycles. The maximum atomic E-state index is 12.1. The van der Waals surface area contributed by atoms with Crippen molar-refractivity contribution in [3.63, 3.8) is 0 Å². The predicted molar refractivity (Wildman–Crippen MR) is 138 cm³/mol. The van der Waals surface area contributed by atoms with Gasteiger partial charge in [-0.25, -0.2) is 9.59 Å². The summed E-state index contributed by atoms with van der Waals surface area (Å²) in [5.74, 6) is 0. The van der Waals surface area contributed by atoms with Crippen LogP contribution in [0.25, 0.3) is 0 Å². The molecule has 1 saturated heterocycles. The van der Waals surface area contributed by atoms with Crippen LogP contribution in [-0.4, -0.2) is 58.4 Å². The number of thioether (sulfide) groups is 1. The van der Waals surface area contributed by atoms with E-state index < -0.39 is 11.7 Å². The third kappa shape index (κ3) is 11.3. The molecule has 1 aromatic carbocycles. The van der Waals surface area contributed by atoms with E-state index in [1.807, 2.05) is 39.0 Å². The van der Waals surface area contributed by atoms with Gasteiger partial charge in [0.25, 0.3) is 0 Å². The number of halogens is 1. The molecule has 7 nitrogen and oxygen atoms in total. The first-order valence-corrected chi connectivity index (χ1v) is 12.9. The van der Waals surface area contributed by atoms with E-state index in [2.05, 4.69) is 10.6 Å². The Labute approximate surface area is 211 Å². The van der Waals surface area contributed by atoms with Gasteiger partial charge in [-0.2, -0.15) is 0 Å². The summed E-state index contributed by atoms with van der Waals surface area (Å²) in [6.45, 7) is 8.44. The Balaban J connectivity index is 1.49. The van der Waals surface area contributed by atoms with Crippen molar-refractivity contribution in [1.29, 1.82) is 0 Å². The molecule has 0 atom stereocenters. The summed E-state index contributed by atoms with van der Waals surface area (Å²) in [5, 5.41) is 6.99. The molecule has 1 aromatic rings. The average Bonchev–Trinajstić information content (AvgIpc) is 2.75. The summed E-state index contributed by atoms with van der Waals surface area (Å²) in [6.07, 6.45) is 2.79. The number of piperidine rings is 1. The Morgan fingerprint density at radius 3 is 2.42 bits per heavy atom. The fourth-order valence-corrected chi connectivity index (χ4v) is 4.75. The van der Waals surface area contributed by atoms with Gasteiger partial charge in [0, 0.05) is 42.0 Å². The molecular weight excluding hydrogens is 482 g/mol. The van der Waals surface area contributed by atoms with Crippen LogP contribution < -0.4 is 10.6 Å². The van der Waals surface area contributed by atoms with Crippen molar-refractivity contribution < 1.29 is 19.1 Å². The SMILES string of the molecule is CC(C)(C)OC(=O)N1CCC(SC(=S)NCCCCNC(=O)OCc2ccccc2Cl)CC1. The number of likely N-dealkylation sites (tertiary alicyclic amines) is 1. The number of carbonyl (C=O) groups is 2. The number of alkyl carbamates (subject to hydrolysis) is 1. The maximum absolute atomic E-state index is 12.1. The second kappa shape index (κ2) is 13.9. The summed E-state index contributed by atoms with van der Waals surface area (Å²) < 4.78 is 11.4. The smallest absolute Gasteiger partial charge is 0.410 e. The molecule has 0 bridgehead atoms. The van der Waals surface area contributed by atoms with Crippen molar-refractivity contribution >= 4 is 52.1 Å². The Bertz CT molecular complexity index is 796. The zero-order valence-electron chi connectivity index (χ0n) is 19.5. The van der Waals surface area contributed by atoms with Crippen LogP contribution in [0.1, 0.15) is 52.0 Å². The van der Waals surface area contributed by atoms with Crippen LogP contribution in [0, 0.1) is 0 Å². The molecule has 1 aliphatic rings. The lowest BCUT2D eigenvalue weighted by molar-refractivity contribution is 0.0219. The van der Waals surface area contributed by atoms with Gasteiger partial charge in [-0.05, 0) is 52.5 Å². The van der Waals surface area contributed by atoms with Gasteiger partial charge in [-0.3, -0.25) is 0 Å². The van der Waals surface area contributed by atoms with Crippen molar-refractivity contribution in [3.8, 4) is 0 Å².